The van der Waals surface area contributed by atoms with Crippen molar-refractivity contribution in [2.75, 3.05) is 9.80 Å². The molecule has 0 N–H and O–H groups in total. The molecular formula is C124H122N2O8. The predicted molar refractivity (Wildman–Crippen MR) is 535 cm³/mol. The van der Waals surface area contributed by atoms with E-state index in [1.807, 2.05) is 24.3 Å². The summed E-state index contributed by atoms with van der Waals surface area (Å²) in [7, 11) is 0. The van der Waals surface area contributed by atoms with Crippen LogP contribution in [0.15, 0.2) is 366 Å². The molecule has 0 spiro atoms. The Morgan fingerprint density at radius 2 is 0.612 bits per heavy atom. The number of allylic oxidation sites excluding steroid dienone is 32. The average molecular weight is 1770 g/mol. The van der Waals surface area contributed by atoms with Crippen LogP contribution in [0.25, 0.3) is 0 Å². The normalized spacial score (nSPS) is 27.3. The number of rotatable bonds is 14. The van der Waals surface area contributed by atoms with E-state index in [9.17, 15) is 0 Å². The van der Waals surface area contributed by atoms with Crippen LogP contribution in [0, 0.1) is 76.9 Å². The van der Waals surface area contributed by atoms with Crippen LogP contribution in [0.4, 0.5) is 11.4 Å². The maximum atomic E-state index is 16.3. The molecule has 4 amide bonds. The summed E-state index contributed by atoms with van der Waals surface area (Å²) in [5, 5.41) is 0. The van der Waals surface area contributed by atoms with Crippen LogP contribution in [-0.2, 0) is 40.8 Å². The predicted octanol–water partition coefficient (Wildman–Crippen LogP) is 28.0. The fraction of sp³-hybridized carbons (Fsp3) is 0.355. The highest BCUT2D eigenvalue weighted by atomic mass is 16.5. The summed E-state index contributed by atoms with van der Waals surface area (Å²) in [5.41, 5.74) is 30.3. The molecule has 0 radical (unpaired) electrons. The number of carbonyl (C=O) groups excluding carboxylic acids is 4. The molecule has 13 unspecified atom stereocenters. The highest BCUT2D eigenvalue weighted by Crippen LogP contribution is 2.71. The Balaban J connectivity index is 0.637. The Labute approximate surface area is 791 Å². The first-order valence-electron chi connectivity index (χ1n) is 49.4. The first kappa shape index (κ1) is 85.8. The number of para-hydroxylation sites is 2. The van der Waals surface area contributed by atoms with Gasteiger partial charge in [0.15, 0.2) is 0 Å². The van der Waals surface area contributed by atoms with Crippen LogP contribution in [0.3, 0.4) is 0 Å². The van der Waals surface area contributed by atoms with E-state index >= 15 is 19.2 Å². The van der Waals surface area contributed by atoms with Gasteiger partial charge in [-0.2, -0.15) is 0 Å². The van der Waals surface area contributed by atoms with Crippen LogP contribution >= 0.6 is 0 Å². The molecule has 2 heterocycles. The van der Waals surface area contributed by atoms with Crippen molar-refractivity contribution in [3.05, 3.63) is 410 Å². The van der Waals surface area contributed by atoms with Gasteiger partial charge < -0.3 is 18.9 Å². The quantitative estimate of drug-likeness (QED) is 0.0783. The first-order chi connectivity index (χ1) is 63.9. The van der Waals surface area contributed by atoms with E-state index in [0.717, 1.165) is 75.0 Å². The van der Waals surface area contributed by atoms with Crippen LogP contribution < -0.4 is 28.7 Å². The number of hydrogen-bond acceptors (Lipinski definition) is 8. The molecule has 13 atom stereocenters. The zero-order chi connectivity index (χ0) is 93.2. The molecule has 17 aliphatic rings. The molecule has 6 aromatic carbocycles. The maximum absolute atomic E-state index is 16.3. The largest absolute Gasteiger partial charge is 0.457 e. The molecule has 4 saturated carbocycles. The minimum Gasteiger partial charge on any atom is -0.457 e. The number of anilines is 2. The number of ether oxygens (including phenoxy) is 4. The monoisotopic (exact) mass is 1770 g/mol. The number of amides is 4. The smallest absolute Gasteiger partial charge is 0.262 e. The number of fused-ring (bicyclic) bond motifs is 12. The third-order valence-corrected chi connectivity index (χ3v) is 32.8. The van der Waals surface area contributed by atoms with Crippen molar-refractivity contribution in [1.29, 1.82) is 0 Å². The molecule has 0 bridgehead atoms. The Hall–Kier alpha value is -12.4. The van der Waals surface area contributed by atoms with Crippen LogP contribution in [0.2, 0.25) is 0 Å². The third kappa shape index (κ3) is 13.2. The third-order valence-electron chi connectivity index (χ3n) is 32.8. The molecule has 0 aromatic heterocycles. The van der Waals surface area contributed by atoms with E-state index in [0.29, 0.717) is 79.7 Å². The molecule has 676 valence electrons. The fourth-order valence-corrected chi connectivity index (χ4v) is 26.1. The van der Waals surface area contributed by atoms with E-state index in [2.05, 4.69) is 351 Å². The van der Waals surface area contributed by atoms with Gasteiger partial charge in [0.1, 0.15) is 46.0 Å². The molecule has 6 fully saturated rings. The van der Waals surface area contributed by atoms with Gasteiger partial charge in [0.2, 0.25) is 0 Å². The highest BCUT2D eigenvalue weighted by molar-refractivity contribution is 6.31. The Morgan fingerprint density at radius 1 is 0.313 bits per heavy atom. The van der Waals surface area contributed by atoms with Crippen molar-refractivity contribution in [3.63, 3.8) is 0 Å². The van der Waals surface area contributed by atoms with Crippen LogP contribution in [0.1, 0.15) is 226 Å². The summed E-state index contributed by atoms with van der Waals surface area (Å²) >= 11 is 0. The van der Waals surface area contributed by atoms with Crippen molar-refractivity contribution < 1.29 is 38.1 Å². The van der Waals surface area contributed by atoms with Gasteiger partial charge in [-0.25, -0.2) is 9.80 Å². The Bertz CT molecular complexity index is 6920. The standard InChI is InChI=1S/C124H122N2O8/c1-63(2)79-23-21-24-80(64(3)4)115(79)125-117(127)95-59-99(131-75-39-31-71(32-40-75)121(9,10)11)109-87-51-47-83-91-55-67-27-29-69-57-93-85-49-53-89-106-90(54-50-86(104(85)106)94(93)58-70(69)30-28-68(67)56-92(91)84-48-52-88(105(87)103(83)84)110-100(60-96(118(125)128)107(95)113(109)110)132-76-41-33-72(34-42-76)122(12,13)14)112-102(134-78-45-37-74(38-46-78)124(18,19)20)62-98-108-97(61-101(111(89)114(108)112)133-77-43-35-73(36-44-77)123(15,16)17)119(129)126(120(98)130)116-81(65(5)6)25-22-26-82(116)66(7)8/h21-27,29,31-56,58-66,69,91-94,103-108,113-114H,28,30,57H2,1-20H3/b29-27-. The SMILES string of the molecule is CC(C)c1cccc(C(C)C)c1N1C(=O)C2=CC(Oc3ccc(C(C)(C)C)cc3)=C3C4=CC=C5C6C=C7/C=C\C8CC9C%10=CC=C%11C%12=C(Oc%13ccc(C(C)(C)C)cc%13)C=C%13C(=O)N(c%14c(C(C)C)cccc%14C(C)C)C(=O)C%14=CC(Oc%15ccc(C(C)(C)C)cc%15)=C(C%15=CC=C(C9C=C8CCC7=CC6C6=CC=C(C7=C(Oc8ccc(C(C)(C)C)cc8)C=C(C1=O)C2C37)C4C56)C%10C%15%11)C%12C%14%13. The van der Waals surface area contributed by atoms with Crippen molar-refractivity contribution >= 4 is 35.0 Å². The lowest BCUT2D eigenvalue weighted by Crippen LogP contribution is -2.53. The number of imide groups is 2. The molecule has 2 aliphatic heterocycles. The average Bonchev–Trinajstić information content (AvgIpc) is 1.16. The summed E-state index contributed by atoms with van der Waals surface area (Å²) in [4.78, 5) is 68.3. The van der Waals surface area contributed by atoms with Gasteiger partial charge in [0.25, 0.3) is 23.6 Å². The van der Waals surface area contributed by atoms with E-state index in [1.165, 1.54) is 82.2 Å². The topological polar surface area (TPSA) is 112 Å². The lowest BCUT2D eigenvalue weighted by Gasteiger charge is -2.52. The van der Waals surface area contributed by atoms with Gasteiger partial charge in [0, 0.05) is 110 Å². The summed E-state index contributed by atoms with van der Waals surface area (Å²) in [6, 6.07) is 46.3. The lowest BCUT2D eigenvalue weighted by molar-refractivity contribution is -0.126. The fourth-order valence-electron chi connectivity index (χ4n) is 26.1. The second-order valence-corrected chi connectivity index (χ2v) is 46.0. The second kappa shape index (κ2) is 30.6. The Kier molecular flexibility index (Phi) is 19.6. The molecule has 2 saturated heterocycles. The van der Waals surface area contributed by atoms with Gasteiger partial charge in [0.05, 0.1) is 11.4 Å². The Morgan fingerprint density at radius 3 is 0.933 bits per heavy atom. The minimum atomic E-state index is -0.620. The maximum Gasteiger partial charge on any atom is 0.262 e. The van der Waals surface area contributed by atoms with Gasteiger partial charge in [-0.15, -0.1) is 0 Å². The summed E-state index contributed by atoms with van der Waals surface area (Å²) < 4.78 is 29.9. The molecule has 15 aliphatic carbocycles. The number of carbonyl (C=O) groups is 4. The van der Waals surface area contributed by atoms with Crippen molar-refractivity contribution in [1.82, 2.24) is 0 Å². The molecular weight excluding hydrogens is 1650 g/mol. The summed E-state index contributed by atoms with van der Waals surface area (Å²) in [6.07, 6.45) is 43.4. The van der Waals surface area contributed by atoms with Gasteiger partial charge >= 0.3 is 0 Å². The van der Waals surface area contributed by atoms with Gasteiger partial charge in [-0.1, -0.05) is 330 Å². The zero-order valence-corrected chi connectivity index (χ0v) is 81.1. The van der Waals surface area contributed by atoms with Crippen molar-refractivity contribution in [3.8, 4) is 23.0 Å². The number of piperidine rings is 2. The minimum absolute atomic E-state index is 0.0166. The zero-order valence-electron chi connectivity index (χ0n) is 81.1. The first-order valence-corrected chi connectivity index (χ1v) is 49.4. The number of benzene rings is 6. The van der Waals surface area contributed by atoms with Gasteiger partial charge in [-0.05, 0) is 227 Å². The van der Waals surface area contributed by atoms with Gasteiger partial charge in [-0.3, -0.25) is 19.2 Å². The highest BCUT2D eigenvalue weighted by Gasteiger charge is 2.64. The van der Waals surface area contributed by atoms with E-state index < -0.39 is 23.7 Å². The number of hydrogen-bond donors (Lipinski definition) is 0. The number of nitrogens with zero attached hydrogens (tertiary/aromatic N) is 2. The van der Waals surface area contributed by atoms with E-state index in [4.69, 9.17) is 18.9 Å². The molecule has 134 heavy (non-hydrogen) atoms. The summed E-state index contributed by atoms with van der Waals surface area (Å²) in [5.74, 6) is 2.49. The molecule has 10 heteroatoms. The van der Waals surface area contributed by atoms with E-state index in [-0.39, 0.29) is 122 Å². The molecule has 6 aromatic rings. The molecule has 23 rings (SSSR count). The van der Waals surface area contributed by atoms with E-state index in [1.54, 1.807) is 0 Å². The second-order valence-electron chi connectivity index (χ2n) is 46.0. The van der Waals surface area contributed by atoms with Crippen LogP contribution in [0.5, 0.6) is 23.0 Å². The molecule has 10 nitrogen and oxygen atoms in total. The lowest BCUT2D eigenvalue weighted by atomic mass is 9.52. The van der Waals surface area contributed by atoms with Crippen molar-refractivity contribution in [2.24, 2.45) is 76.9 Å². The van der Waals surface area contributed by atoms with Crippen LogP contribution in [-0.4, -0.2) is 23.6 Å². The summed E-state index contributed by atoms with van der Waals surface area (Å²) in [6.45, 7) is 43.9. The van der Waals surface area contributed by atoms with Crippen molar-refractivity contribution in [2.45, 2.75) is 203 Å².